The SMILES string of the molecule is O=C(O)C1([P+](=O)[O-])CCCCS1. The smallest absolute Gasteiger partial charge is 0.369 e. The molecule has 0 spiro atoms. The summed E-state index contributed by atoms with van der Waals surface area (Å²) in [6.07, 6.45) is 1.83. The van der Waals surface area contributed by atoms with Gasteiger partial charge in [0.1, 0.15) is 0 Å². The number of rotatable bonds is 2. The quantitative estimate of drug-likeness (QED) is 0.678. The number of carboxylic acid groups (broad SMARTS) is 1. The van der Waals surface area contributed by atoms with Crippen LogP contribution in [0.1, 0.15) is 19.3 Å². The molecule has 68 valence electrons. The molecule has 6 heteroatoms. The van der Waals surface area contributed by atoms with E-state index < -0.39 is 18.5 Å². The van der Waals surface area contributed by atoms with Crippen molar-refractivity contribution in [3.8, 4) is 0 Å². The van der Waals surface area contributed by atoms with Gasteiger partial charge in [-0.3, -0.25) is 0 Å². The predicted molar refractivity (Wildman–Crippen MR) is 44.3 cm³/mol. The van der Waals surface area contributed by atoms with Gasteiger partial charge >= 0.3 is 18.5 Å². The highest BCUT2D eigenvalue weighted by molar-refractivity contribution is 8.06. The first-order valence-corrected chi connectivity index (χ1v) is 5.78. The number of carbonyl (C=O) groups is 1. The van der Waals surface area contributed by atoms with E-state index in [1.54, 1.807) is 0 Å². The molecule has 0 aromatic rings. The van der Waals surface area contributed by atoms with Crippen LogP contribution in [0.15, 0.2) is 0 Å². The first kappa shape index (κ1) is 9.96. The van der Waals surface area contributed by atoms with Gasteiger partial charge in [0.2, 0.25) is 0 Å². The van der Waals surface area contributed by atoms with Crippen molar-refractivity contribution in [2.75, 3.05) is 5.75 Å². The van der Waals surface area contributed by atoms with Crippen LogP contribution in [0.3, 0.4) is 0 Å². The van der Waals surface area contributed by atoms with E-state index in [9.17, 15) is 14.3 Å². The lowest BCUT2D eigenvalue weighted by Gasteiger charge is -2.23. The summed E-state index contributed by atoms with van der Waals surface area (Å²) in [6.45, 7) is 0. The first-order valence-electron chi connectivity index (χ1n) is 3.61. The van der Waals surface area contributed by atoms with Crippen LogP contribution in [0, 0.1) is 0 Å². The Labute approximate surface area is 75.2 Å². The second-order valence-electron chi connectivity index (χ2n) is 2.65. The number of carboxylic acids is 1. The van der Waals surface area contributed by atoms with Crippen LogP contribution in [0.5, 0.6) is 0 Å². The van der Waals surface area contributed by atoms with Crippen molar-refractivity contribution in [2.24, 2.45) is 0 Å². The summed E-state index contributed by atoms with van der Waals surface area (Å²) in [7, 11) is -2.88. The van der Waals surface area contributed by atoms with Crippen molar-refractivity contribution >= 4 is 25.8 Å². The van der Waals surface area contributed by atoms with Gasteiger partial charge in [0.15, 0.2) is 0 Å². The lowest BCUT2D eigenvalue weighted by atomic mass is 10.2. The average molecular weight is 208 g/mol. The maximum atomic E-state index is 10.8. The Morgan fingerprint density at radius 3 is 2.50 bits per heavy atom. The zero-order valence-electron chi connectivity index (χ0n) is 6.36. The molecule has 4 nitrogen and oxygen atoms in total. The standard InChI is InChI=1S/C6H9O4PS/c7-5(8)6(11(9)10)3-1-2-4-12-6/h1-4H2,(H,7,8). The largest absolute Gasteiger partial charge is 0.594 e. The van der Waals surface area contributed by atoms with Crippen LogP contribution in [0.25, 0.3) is 0 Å². The second-order valence-corrected chi connectivity index (χ2v) is 5.63. The lowest BCUT2D eigenvalue weighted by Crippen LogP contribution is -2.36. The highest BCUT2D eigenvalue weighted by atomic mass is 32.2. The Balaban J connectivity index is 2.84. The molecule has 1 fully saturated rings. The molecule has 1 N–H and O–H groups in total. The van der Waals surface area contributed by atoms with E-state index in [0.29, 0.717) is 12.2 Å². The van der Waals surface area contributed by atoms with Crippen LogP contribution in [0.4, 0.5) is 0 Å². The van der Waals surface area contributed by atoms with Crippen LogP contribution in [0.2, 0.25) is 0 Å². The van der Waals surface area contributed by atoms with Crippen LogP contribution < -0.4 is 4.89 Å². The fraction of sp³-hybridized carbons (Fsp3) is 0.833. The van der Waals surface area contributed by atoms with E-state index in [1.165, 1.54) is 0 Å². The van der Waals surface area contributed by atoms with Gasteiger partial charge in [0, 0.05) is 6.42 Å². The molecule has 2 atom stereocenters. The summed E-state index contributed by atoms with van der Waals surface area (Å²) in [6, 6.07) is 0. The molecular weight excluding hydrogens is 199 g/mol. The highest BCUT2D eigenvalue weighted by Gasteiger charge is 2.52. The summed E-state index contributed by atoms with van der Waals surface area (Å²) in [5.74, 6) is -0.599. The monoisotopic (exact) mass is 208 g/mol. The molecule has 0 radical (unpaired) electrons. The van der Waals surface area contributed by atoms with Crippen LogP contribution >= 0.6 is 19.8 Å². The van der Waals surface area contributed by atoms with Crippen molar-refractivity contribution in [3.05, 3.63) is 0 Å². The van der Waals surface area contributed by atoms with E-state index in [1.807, 2.05) is 0 Å². The zero-order chi connectivity index (χ0) is 9.19. The van der Waals surface area contributed by atoms with Gasteiger partial charge in [-0.2, -0.15) is 0 Å². The molecule has 0 saturated carbocycles. The van der Waals surface area contributed by atoms with Crippen molar-refractivity contribution in [1.29, 1.82) is 0 Å². The van der Waals surface area contributed by atoms with Crippen molar-refractivity contribution < 1.29 is 19.4 Å². The van der Waals surface area contributed by atoms with Crippen molar-refractivity contribution in [1.82, 2.24) is 0 Å². The third-order valence-corrected chi connectivity index (χ3v) is 5.07. The van der Waals surface area contributed by atoms with Gasteiger partial charge in [-0.05, 0) is 18.6 Å². The van der Waals surface area contributed by atoms with E-state index in [-0.39, 0.29) is 6.42 Å². The molecule has 0 amide bonds. The molecule has 1 aliphatic rings. The fourth-order valence-electron chi connectivity index (χ4n) is 1.17. The normalized spacial score (nSPS) is 31.2. The zero-order valence-corrected chi connectivity index (χ0v) is 8.07. The average Bonchev–Trinajstić information content (AvgIpc) is 2.05. The Kier molecular flexibility index (Phi) is 3.09. The summed E-state index contributed by atoms with van der Waals surface area (Å²) in [4.78, 5) is 21.5. The topological polar surface area (TPSA) is 77.4 Å². The van der Waals surface area contributed by atoms with E-state index in [4.69, 9.17) is 5.11 Å². The Bertz CT molecular complexity index is 196. The van der Waals surface area contributed by atoms with E-state index in [2.05, 4.69) is 0 Å². The van der Waals surface area contributed by atoms with Gasteiger partial charge in [0.25, 0.3) is 0 Å². The van der Waals surface area contributed by atoms with Crippen LogP contribution in [-0.4, -0.2) is 21.3 Å². The predicted octanol–water partition coefficient (Wildman–Crippen LogP) is 0.787. The number of thioether (sulfide) groups is 1. The molecule has 0 bridgehead atoms. The molecule has 1 heterocycles. The number of hydrogen-bond donors (Lipinski definition) is 1. The fourth-order valence-corrected chi connectivity index (χ4v) is 3.46. The van der Waals surface area contributed by atoms with Gasteiger partial charge in [-0.15, -0.1) is 0 Å². The molecule has 12 heavy (non-hydrogen) atoms. The summed E-state index contributed by atoms with van der Waals surface area (Å²) >= 11 is 1.03. The number of hydrogen-bond acceptors (Lipinski definition) is 4. The molecule has 0 aromatic carbocycles. The number of aliphatic carboxylic acids is 1. The molecule has 1 aliphatic heterocycles. The third-order valence-electron chi connectivity index (χ3n) is 1.88. The van der Waals surface area contributed by atoms with Gasteiger partial charge in [-0.1, -0.05) is 16.3 Å². The molecule has 0 aromatic heterocycles. The third kappa shape index (κ3) is 1.63. The second kappa shape index (κ2) is 3.73. The summed E-state index contributed by atoms with van der Waals surface area (Å²) in [5, 5.41) is 8.75. The van der Waals surface area contributed by atoms with Crippen molar-refractivity contribution in [2.45, 2.75) is 23.8 Å². The molecule has 2 unspecified atom stereocenters. The van der Waals surface area contributed by atoms with Crippen LogP contribution in [-0.2, 0) is 9.36 Å². The Morgan fingerprint density at radius 1 is 1.58 bits per heavy atom. The summed E-state index contributed by atoms with van der Waals surface area (Å²) < 4.78 is 9.22. The van der Waals surface area contributed by atoms with E-state index in [0.717, 1.165) is 18.2 Å². The molecule has 0 aliphatic carbocycles. The highest BCUT2D eigenvalue weighted by Crippen LogP contribution is 2.49. The molecular formula is C6H9O4PS. The lowest BCUT2D eigenvalue weighted by molar-refractivity contribution is -0.170. The minimum Gasteiger partial charge on any atom is -0.594 e. The van der Waals surface area contributed by atoms with Gasteiger partial charge in [0.05, 0.1) is 0 Å². The Hall–Kier alpha value is -0.120. The summed E-state index contributed by atoms with van der Waals surface area (Å²) in [5.41, 5.74) is 0. The maximum Gasteiger partial charge on any atom is 0.369 e. The van der Waals surface area contributed by atoms with Crippen molar-refractivity contribution in [3.63, 3.8) is 0 Å². The van der Waals surface area contributed by atoms with Gasteiger partial charge in [-0.25, -0.2) is 4.79 Å². The minimum atomic E-state index is -2.88. The maximum absolute atomic E-state index is 10.8. The van der Waals surface area contributed by atoms with E-state index >= 15 is 0 Å². The minimum absolute atomic E-state index is 0.242. The molecule has 1 rings (SSSR count). The first-order chi connectivity index (χ1) is 5.59. The Morgan fingerprint density at radius 2 is 2.25 bits per heavy atom. The van der Waals surface area contributed by atoms with Gasteiger partial charge < -0.3 is 10.00 Å². The molecule has 1 saturated heterocycles.